The third-order valence-electron chi connectivity index (χ3n) is 1.63. The Kier molecular flexibility index (Phi) is 2.49. The molecule has 56 valence electrons. The summed E-state index contributed by atoms with van der Waals surface area (Å²) in [5, 5.41) is 2.81. The van der Waals surface area contributed by atoms with Crippen molar-refractivity contribution in [1.29, 1.82) is 0 Å². The number of amides is 1. The van der Waals surface area contributed by atoms with Crippen LogP contribution in [0, 0.1) is 0 Å². The van der Waals surface area contributed by atoms with E-state index in [-0.39, 0.29) is 5.91 Å². The molecule has 0 radical (unpaired) electrons. The molecule has 0 fully saturated rings. The molecule has 2 nitrogen and oxygen atoms in total. The van der Waals surface area contributed by atoms with Crippen LogP contribution in [0.25, 0.3) is 0 Å². The summed E-state index contributed by atoms with van der Waals surface area (Å²) < 4.78 is 0. The molecule has 10 heavy (non-hydrogen) atoms. The number of carbonyl (C=O) groups excluding carboxylic acids is 1. The molecule has 1 aliphatic rings. The van der Waals surface area contributed by atoms with Crippen LogP contribution in [0.1, 0.15) is 32.6 Å². The van der Waals surface area contributed by atoms with Crippen molar-refractivity contribution in [3.05, 3.63) is 11.8 Å². The molecule has 1 N–H and O–H groups in total. The molecule has 1 heterocycles. The molecule has 0 aromatic rings. The summed E-state index contributed by atoms with van der Waals surface area (Å²) in [5.74, 6) is 0.145. The maximum absolute atomic E-state index is 10.7. The molecule has 1 amide bonds. The van der Waals surface area contributed by atoms with Crippen LogP contribution < -0.4 is 5.32 Å². The first kappa shape index (κ1) is 7.32. The number of carbonyl (C=O) groups is 1. The van der Waals surface area contributed by atoms with E-state index in [9.17, 15) is 4.79 Å². The number of unbranched alkanes of at least 4 members (excludes halogenated alkanes) is 1. The van der Waals surface area contributed by atoms with E-state index in [2.05, 4.69) is 12.2 Å². The fourth-order valence-corrected chi connectivity index (χ4v) is 1.03. The topological polar surface area (TPSA) is 29.1 Å². The van der Waals surface area contributed by atoms with Crippen LogP contribution in [-0.4, -0.2) is 5.91 Å². The van der Waals surface area contributed by atoms with Gasteiger partial charge in [-0.3, -0.25) is 4.79 Å². The van der Waals surface area contributed by atoms with Gasteiger partial charge in [0.05, 0.1) is 0 Å². The van der Waals surface area contributed by atoms with Crippen molar-refractivity contribution in [1.82, 2.24) is 5.32 Å². The van der Waals surface area contributed by atoms with Crippen LogP contribution in [0.2, 0.25) is 0 Å². The molecule has 0 saturated carbocycles. The Labute approximate surface area is 61.3 Å². The van der Waals surface area contributed by atoms with Gasteiger partial charge >= 0.3 is 0 Å². The molecule has 2 heteroatoms. The second-order valence-electron chi connectivity index (χ2n) is 2.59. The predicted octanol–water partition coefficient (Wildman–Crippen LogP) is 1.58. The molecule has 1 rings (SSSR count). The lowest BCUT2D eigenvalue weighted by Gasteiger charge is -1.99. The Morgan fingerprint density at radius 2 is 2.50 bits per heavy atom. The summed E-state index contributed by atoms with van der Waals surface area (Å²) in [6.07, 6.45) is 5.96. The highest BCUT2D eigenvalue weighted by Gasteiger charge is 2.09. The van der Waals surface area contributed by atoms with E-state index in [0.29, 0.717) is 6.42 Å². The summed E-state index contributed by atoms with van der Waals surface area (Å²) in [5.41, 5.74) is 1.12. The quantitative estimate of drug-likeness (QED) is 0.632. The number of hydrogen-bond donors (Lipinski definition) is 1. The maximum Gasteiger partial charge on any atom is 0.227 e. The minimum absolute atomic E-state index is 0.145. The standard InChI is InChI=1S/C8H13NO/c1-2-3-4-7-5-6-8(10)9-7/h5H,2-4,6H2,1H3,(H,9,10). The Morgan fingerprint density at radius 3 is 3.00 bits per heavy atom. The van der Waals surface area contributed by atoms with Crippen LogP contribution in [0.4, 0.5) is 0 Å². The van der Waals surface area contributed by atoms with Crippen LogP contribution in [0.15, 0.2) is 11.8 Å². The zero-order chi connectivity index (χ0) is 7.40. The molecule has 1 aliphatic heterocycles. The Balaban J connectivity index is 2.23. The molecule has 0 aromatic heterocycles. The molecular formula is C8H13NO. The van der Waals surface area contributed by atoms with E-state index in [1.165, 1.54) is 12.8 Å². The Hall–Kier alpha value is -0.790. The fraction of sp³-hybridized carbons (Fsp3) is 0.625. The molecule has 0 atom stereocenters. The number of allylic oxidation sites excluding steroid dienone is 1. The number of rotatable bonds is 3. The smallest absolute Gasteiger partial charge is 0.227 e. The third-order valence-corrected chi connectivity index (χ3v) is 1.63. The first-order valence-electron chi connectivity index (χ1n) is 3.82. The number of nitrogens with one attached hydrogen (secondary N) is 1. The van der Waals surface area contributed by atoms with Crippen molar-refractivity contribution >= 4 is 5.91 Å². The normalized spacial score (nSPS) is 16.9. The van der Waals surface area contributed by atoms with Crippen LogP contribution in [0.5, 0.6) is 0 Å². The predicted molar refractivity (Wildman–Crippen MR) is 40.4 cm³/mol. The van der Waals surface area contributed by atoms with Gasteiger partial charge in [-0.25, -0.2) is 0 Å². The highest BCUT2D eigenvalue weighted by Crippen LogP contribution is 2.09. The first-order valence-corrected chi connectivity index (χ1v) is 3.82. The molecule has 0 aliphatic carbocycles. The largest absolute Gasteiger partial charge is 0.330 e. The van der Waals surface area contributed by atoms with Gasteiger partial charge < -0.3 is 5.32 Å². The van der Waals surface area contributed by atoms with Gasteiger partial charge in [0.15, 0.2) is 0 Å². The second-order valence-corrected chi connectivity index (χ2v) is 2.59. The van der Waals surface area contributed by atoms with Crippen molar-refractivity contribution in [2.75, 3.05) is 0 Å². The van der Waals surface area contributed by atoms with Crippen LogP contribution in [-0.2, 0) is 4.79 Å². The average Bonchev–Trinajstić information content (AvgIpc) is 2.31. The van der Waals surface area contributed by atoms with Gasteiger partial charge in [0.1, 0.15) is 0 Å². The average molecular weight is 139 g/mol. The molecule has 0 aromatic carbocycles. The van der Waals surface area contributed by atoms with Crippen molar-refractivity contribution in [3.63, 3.8) is 0 Å². The summed E-state index contributed by atoms with van der Waals surface area (Å²) in [7, 11) is 0. The van der Waals surface area contributed by atoms with Gasteiger partial charge in [0.25, 0.3) is 0 Å². The van der Waals surface area contributed by atoms with Gasteiger partial charge in [-0.15, -0.1) is 0 Å². The van der Waals surface area contributed by atoms with Crippen LogP contribution >= 0.6 is 0 Å². The van der Waals surface area contributed by atoms with Crippen molar-refractivity contribution in [2.45, 2.75) is 32.6 Å². The van der Waals surface area contributed by atoms with E-state index in [1.54, 1.807) is 0 Å². The molecule has 0 spiro atoms. The van der Waals surface area contributed by atoms with Gasteiger partial charge in [-0.1, -0.05) is 19.4 Å². The van der Waals surface area contributed by atoms with Gasteiger partial charge in [0, 0.05) is 12.1 Å². The summed E-state index contributed by atoms with van der Waals surface area (Å²) in [6.45, 7) is 2.15. The van der Waals surface area contributed by atoms with Crippen molar-refractivity contribution in [3.8, 4) is 0 Å². The van der Waals surface area contributed by atoms with E-state index < -0.39 is 0 Å². The van der Waals surface area contributed by atoms with E-state index in [4.69, 9.17) is 0 Å². The third kappa shape index (κ3) is 1.87. The van der Waals surface area contributed by atoms with Gasteiger partial charge in [-0.05, 0) is 12.8 Å². The lowest BCUT2D eigenvalue weighted by molar-refractivity contribution is -0.118. The fourth-order valence-electron chi connectivity index (χ4n) is 1.03. The lowest BCUT2D eigenvalue weighted by Crippen LogP contribution is -2.14. The SMILES string of the molecule is CCCCC1=CCC(=O)N1. The number of hydrogen-bond acceptors (Lipinski definition) is 1. The molecule has 0 saturated heterocycles. The van der Waals surface area contributed by atoms with E-state index in [0.717, 1.165) is 12.1 Å². The van der Waals surface area contributed by atoms with Crippen molar-refractivity contribution in [2.24, 2.45) is 0 Å². The monoisotopic (exact) mass is 139 g/mol. The van der Waals surface area contributed by atoms with Gasteiger partial charge in [0.2, 0.25) is 5.91 Å². The van der Waals surface area contributed by atoms with Gasteiger partial charge in [-0.2, -0.15) is 0 Å². The van der Waals surface area contributed by atoms with Crippen molar-refractivity contribution < 1.29 is 4.79 Å². The summed E-state index contributed by atoms with van der Waals surface area (Å²) in [6, 6.07) is 0. The first-order chi connectivity index (χ1) is 4.83. The van der Waals surface area contributed by atoms with E-state index in [1.807, 2.05) is 6.08 Å². The Bertz CT molecular complexity index is 161. The van der Waals surface area contributed by atoms with E-state index >= 15 is 0 Å². The molecular weight excluding hydrogens is 126 g/mol. The summed E-state index contributed by atoms with van der Waals surface area (Å²) >= 11 is 0. The van der Waals surface area contributed by atoms with Crippen LogP contribution in [0.3, 0.4) is 0 Å². The highest BCUT2D eigenvalue weighted by atomic mass is 16.1. The minimum atomic E-state index is 0.145. The minimum Gasteiger partial charge on any atom is -0.330 e. The second kappa shape index (κ2) is 3.40. The lowest BCUT2D eigenvalue weighted by atomic mass is 10.2. The maximum atomic E-state index is 10.7. The highest BCUT2D eigenvalue weighted by molar-refractivity contribution is 5.82. The zero-order valence-electron chi connectivity index (χ0n) is 6.31. The zero-order valence-corrected chi connectivity index (χ0v) is 6.31. The molecule has 0 unspecified atom stereocenters. The Morgan fingerprint density at radius 1 is 1.70 bits per heavy atom. The molecule has 0 bridgehead atoms. The summed E-state index contributed by atoms with van der Waals surface area (Å²) in [4.78, 5) is 10.7.